The number of halogens is 1. The van der Waals surface area contributed by atoms with Crippen molar-refractivity contribution in [2.45, 2.75) is 6.42 Å². The van der Waals surface area contributed by atoms with Crippen LogP contribution in [0.4, 0.5) is 11.4 Å². The zero-order valence-electron chi connectivity index (χ0n) is 14.1. The van der Waals surface area contributed by atoms with Crippen LogP contribution in [0.2, 0.25) is 5.02 Å². The zero-order valence-corrected chi connectivity index (χ0v) is 14.8. The summed E-state index contributed by atoms with van der Waals surface area (Å²) in [4.78, 5) is 23.6. The van der Waals surface area contributed by atoms with Gasteiger partial charge in [0, 0.05) is 18.6 Å². The molecule has 0 aliphatic carbocycles. The Balaban J connectivity index is 1.56. The van der Waals surface area contributed by atoms with Crippen LogP contribution in [0.15, 0.2) is 54.6 Å². The number of anilines is 1. The van der Waals surface area contributed by atoms with E-state index in [-0.39, 0.29) is 16.6 Å². The highest BCUT2D eigenvalue weighted by Crippen LogP contribution is 2.26. The molecule has 3 rings (SSSR count). The average molecular weight is 373 g/mol. The topological polar surface area (TPSA) is 76.7 Å². The second-order valence-electron chi connectivity index (χ2n) is 6.20. The van der Waals surface area contributed by atoms with Crippen LogP contribution in [-0.2, 0) is 4.79 Å². The molecule has 0 radical (unpaired) electrons. The molecule has 7 heteroatoms. The maximum atomic E-state index is 12.3. The molecular weight excluding hydrogens is 354 g/mol. The lowest BCUT2D eigenvalue weighted by Crippen LogP contribution is -3.13. The third-order valence-electron chi connectivity index (χ3n) is 4.38. The molecule has 1 aliphatic rings. The minimum Gasteiger partial charge on any atom is -0.324 e. The lowest BCUT2D eigenvalue weighted by atomic mass is 10.00. The van der Waals surface area contributed by atoms with Gasteiger partial charge in [0.25, 0.3) is 11.6 Å². The van der Waals surface area contributed by atoms with Crippen molar-refractivity contribution in [3.63, 3.8) is 0 Å². The van der Waals surface area contributed by atoms with Crippen LogP contribution in [-0.4, -0.2) is 30.5 Å². The number of hydrogen-bond donors (Lipinski definition) is 2. The fourth-order valence-corrected chi connectivity index (χ4v) is 3.22. The van der Waals surface area contributed by atoms with Crippen LogP contribution < -0.4 is 10.2 Å². The molecule has 1 aliphatic heterocycles. The molecule has 0 saturated carbocycles. The number of nitrogens with one attached hydrogen (secondary N) is 2. The molecule has 0 spiro atoms. The van der Waals surface area contributed by atoms with E-state index in [1.807, 2.05) is 18.2 Å². The molecule has 1 heterocycles. The van der Waals surface area contributed by atoms with E-state index in [1.54, 1.807) is 0 Å². The van der Waals surface area contributed by atoms with Crippen molar-refractivity contribution in [1.82, 2.24) is 0 Å². The summed E-state index contributed by atoms with van der Waals surface area (Å²) in [5.74, 6) is -0.160. The Kier molecular flexibility index (Phi) is 5.65. The number of carbonyl (C=O) groups is 1. The van der Waals surface area contributed by atoms with Gasteiger partial charge in [-0.3, -0.25) is 14.9 Å². The van der Waals surface area contributed by atoms with E-state index in [0.717, 1.165) is 19.5 Å². The van der Waals surface area contributed by atoms with Gasteiger partial charge in [-0.05, 0) is 23.3 Å². The van der Waals surface area contributed by atoms with Crippen molar-refractivity contribution in [3.8, 4) is 0 Å². The number of nitrogens with zero attached hydrogens (tertiary/aromatic N) is 1. The van der Waals surface area contributed by atoms with Crippen molar-refractivity contribution in [1.29, 1.82) is 0 Å². The summed E-state index contributed by atoms with van der Waals surface area (Å²) in [6, 6.07) is 14.3. The van der Waals surface area contributed by atoms with E-state index in [4.69, 9.17) is 11.6 Å². The summed E-state index contributed by atoms with van der Waals surface area (Å²) >= 11 is 6.01. The van der Waals surface area contributed by atoms with Gasteiger partial charge in [-0.2, -0.15) is 0 Å². The molecule has 2 aromatic carbocycles. The summed E-state index contributed by atoms with van der Waals surface area (Å²) in [5, 5.41) is 13.6. The second-order valence-corrected chi connectivity index (χ2v) is 6.60. The molecule has 0 aromatic heterocycles. The van der Waals surface area contributed by atoms with E-state index in [0.29, 0.717) is 12.2 Å². The number of benzene rings is 2. The van der Waals surface area contributed by atoms with Gasteiger partial charge in [-0.1, -0.05) is 41.9 Å². The van der Waals surface area contributed by atoms with Crippen molar-refractivity contribution in [3.05, 3.63) is 75.3 Å². The maximum Gasteiger partial charge on any atom is 0.279 e. The summed E-state index contributed by atoms with van der Waals surface area (Å²) < 4.78 is 0. The number of rotatable bonds is 5. The first-order chi connectivity index (χ1) is 12.5. The molecule has 1 unspecified atom stereocenters. The van der Waals surface area contributed by atoms with Gasteiger partial charge >= 0.3 is 0 Å². The highest BCUT2D eigenvalue weighted by molar-refractivity contribution is 6.34. The Hall–Kier alpha value is -2.70. The molecule has 1 atom stereocenters. The lowest BCUT2D eigenvalue weighted by Gasteiger charge is -2.23. The Morgan fingerprint density at radius 2 is 2.00 bits per heavy atom. The third-order valence-corrected chi connectivity index (χ3v) is 4.69. The molecule has 0 fully saturated rings. The van der Waals surface area contributed by atoms with Crippen LogP contribution >= 0.6 is 11.6 Å². The molecule has 1 amide bonds. The van der Waals surface area contributed by atoms with E-state index in [2.05, 4.69) is 23.5 Å². The summed E-state index contributed by atoms with van der Waals surface area (Å²) in [5.41, 5.74) is 2.83. The van der Waals surface area contributed by atoms with Gasteiger partial charge in [-0.25, -0.2) is 0 Å². The van der Waals surface area contributed by atoms with Crippen LogP contribution in [0.25, 0.3) is 5.57 Å². The summed E-state index contributed by atoms with van der Waals surface area (Å²) in [7, 11) is 0. The first kappa shape index (κ1) is 18.1. The van der Waals surface area contributed by atoms with Crippen molar-refractivity contribution in [2.75, 3.05) is 25.0 Å². The highest BCUT2D eigenvalue weighted by Gasteiger charge is 2.20. The Morgan fingerprint density at radius 3 is 2.62 bits per heavy atom. The van der Waals surface area contributed by atoms with E-state index in [1.165, 1.54) is 34.2 Å². The molecule has 2 aromatic rings. The highest BCUT2D eigenvalue weighted by atomic mass is 35.5. The van der Waals surface area contributed by atoms with Crippen LogP contribution in [0.5, 0.6) is 0 Å². The number of nitro benzene ring substituents is 1. The molecule has 6 nitrogen and oxygen atoms in total. The zero-order chi connectivity index (χ0) is 18.5. The quantitative estimate of drug-likeness (QED) is 0.625. The normalized spacial score (nSPS) is 16.7. The number of nitro groups is 1. The summed E-state index contributed by atoms with van der Waals surface area (Å²) in [6.07, 6.45) is 3.10. The monoisotopic (exact) mass is 372 g/mol. The first-order valence-electron chi connectivity index (χ1n) is 8.35. The largest absolute Gasteiger partial charge is 0.324 e. The van der Waals surface area contributed by atoms with Gasteiger partial charge in [-0.15, -0.1) is 0 Å². The predicted molar refractivity (Wildman–Crippen MR) is 101 cm³/mol. The second kappa shape index (κ2) is 8.12. The Morgan fingerprint density at radius 1 is 1.23 bits per heavy atom. The molecule has 0 saturated heterocycles. The Bertz CT molecular complexity index is 852. The average Bonchev–Trinajstić information content (AvgIpc) is 2.64. The molecule has 134 valence electrons. The van der Waals surface area contributed by atoms with E-state index >= 15 is 0 Å². The third kappa shape index (κ3) is 4.47. The first-order valence-corrected chi connectivity index (χ1v) is 8.72. The van der Waals surface area contributed by atoms with Gasteiger partial charge in [0.1, 0.15) is 0 Å². The number of quaternary nitrogens is 1. The fraction of sp³-hybridized carbons (Fsp3) is 0.211. The lowest BCUT2D eigenvalue weighted by molar-refractivity contribution is -0.886. The molecular formula is C19H19ClN3O3+. The van der Waals surface area contributed by atoms with Crippen LogP contribution in [0, 0.1) is 10.1 Å². The molecule has 26 heavy (non-hydrogen) atoms. The van der Waals surface area contributed by atoms with Gasteiger partial charge in [0.05, 0.1) is 28.7 Å². The number of non-ortho nitro benzene ring substituents is 1. The number of hydrogen-bond acceptors (Lipinski definition) is 3. The van der Waals surface area contributed by atoms with Crippen molar-refractivity contribution < 1.29 is 14.6 Å². The predicted octanol–water partition coefficient (Wildman–Crippen LogP) is 2.56. The van der Waals surface area contributed by atoms with Gasteiger partial charge < -0.3 is 10.2 Å². The van der Waals surface area contributed by atoms with Crippen molar-refractivity contribution in [2.24, 2.45) is 0 Å². The number of amides is 1. The molecule has 2 N–H and O–H groups in total. The molecule has 0 bridgehead atoms. The Labute approximate surface area is 156 Å². The minimum atomic E-state index is -0.522. The van der Waals surface area contributed by atoms with Crippen LogP contribution in [0.1, 0.15) is 12.0 Å². The van der Waals surface area contributed by atoms with Gasteiger partial charge in [0.15, 0.2) is 6.54 Å². The van der Waals surface area contributed by atoms with E-state index in [9.17, 15) is 14.9 Å². The van der Waals surface area contributed by atoms with Crippen LogP contribution in [0.3, 0.4) is 0 Å². The number of carbonyl (C=O) groups excluding carboxylic acids is 1. The maximum absolute atomic E-state index is 12.3. The summed E-state index contributed by atoms with van der Waals surface area (Å²) in [6.45, 7) is 1.99. The SMILES string of the molecule is O=C(C[NH+]1CC=C(c2ccccc2)CC1)Nc1ccc([N+](=O)[O-])cc1Cl. The minimum absolute atomic E-state index is 0.103. The smallest absolute Gasteiger partial charge is 0.279 e. The standard InChI is InChI=1S/C19H18ClN3O3/c20-17-12-16(23(25)26)6-7-18(17)21-19(24)13-22-10-8-15(9-11-22)14-4-2-1-3-5-14/h1-8,12H,9-11,13H2,(H,21,24)/p+1. The fourth-order valence-electron chi connectivity index (χ4n) is 3.00. The van der Waals surface area contributed by atoms with Crippen molar-refractivity contribution >= 4 is 34.5 Å². The van der Waals surface area contributed by atoms with Gasteiger partial charge in [0.2, 0.25) is 0 Å². The van der Waals surface area contributed by atoms with E-state index < -0.39 is 4.92 Å².